The summed E-state index contributed by atoms with van der Waals surface area (Å²) in [5.41, 5.74) is 0.619. The van der Waals surface area contributed by atoms with Gasteiger partial charge in [0.25, 0.3) is 0 Å². The molecule has 0 fully saturated rings. The van der Waals surface area contributed by atoms with Gasteiger partial charge in [-0.3, -0.25) is 4.79 Å². The average Bonchev–Trinajstić information content (AvgIpc) is 2.37. The van der Waals surface area contributed by atoms with Gasteiger partial charge in [-0.15, -0.1) is 0 Å². The van der Waals surface area contributed by atoms with E-state index >= 15 is 0 Å². The molecule has 1 amide bonds. The molecule has 2 N–H and O–H groups in total. The van der Waals surface area contributed by atoms with E-state index < -0.39 is 32.7 Å². The molecule has 0 heterocycles. The third-order valence-corrected chi connectivity index (χ3v) is 4.68. The minimum Gasteiger partial charge on any atom is -0.352 e. The van der Waals surface area contributed by atoms with Crippen LogP contribution < -0.4 is 10.0 Å². The first-order valence-electron chi connectivity index (χ1n) is 6.76. The zero-order chi connectivity index (χ0) is 16.2. The van der Waals surface area contributed by atoms with E-state index in [4.69, 9.17) is 0 Å². The van der Waals surface area contributed by atoms with Crippen LogP contribution in [0.15, 0.2) is 23.1 Å². The Balaban J connectivity index is 2.87. The van der Waals surface area contributed by atoms with Crippen molar-refractivity contribution in [3.63, 3.8) is 0 Å². The lowest BCUT2D eigenvalue weighted by Crippen LogP contribution is -2.47. The Labute approximate surface area is 125 Å². The fourth-order valence-electron chi connectivity index (χ4n) is 1.64. The molecule has 7 heteroatoms. The number of aryl methyl sites for hydroxylation is 1. The first kappa shape index (κ1) is 17.6. The largest absolute Gasteiger partial charge is 0.352 e. The highest BCUT2D eigenvalue weighted by Gasteiger charge is 2.25. The molecule has 5 nitrogen and oxygen atoms in total. The van der Waals surface area contributed by atoms with Gasteiger partial charge in [0.1, 0.15) is 10.7 Å². The van der Waals surface area contributed by atoms with Crippen LogP contribution in [0.3, 0.4) is 0 Å². The van der Waals surface area contributed by atoms with Crippen LogP contribution >= 0.6 is 0 Å². The van der Waals surface area contributed by atoms with E-state index in [0.29, 0.717) is 5.56 Å². The first-order chi connectivity index (χ1) is 9.67. The lowest BCUT2D eigenvalue weighted by Gasteiger charge is -2.17. The maximum absolute atomic E-state index is 13.7. The average molecular weight is 316 g/mol. The smallest absolute Gasteiger partial charge is 0.244 e. The van der Waals surface area contributed by atoms with Crippen LogP contribution in [0.2, 0.25) is 0 Å². The summed E-state index contributed by atoms with van der Waals surface area (Å²) in [4.78, 5) is 11.4. The Kier molecular flexibility index (Phi) is 5.86. The first-order valence-corrected chi connectivity index (χ1v) is 8.24. The number of amides is 1. The van der Waals surface area contributed by atoms with E-state index in [1.54, 1.807) is 6.92 Å². The van der Waals surface area contributed by atoms with E-state index in [-0.39, 0.29) is 6.04 Å². The molecular weight excluding hydrogens is 295 g/mol. The monoisotopic (exact) mass is 316 g/mol. The fourth-order valence-corrected chi connectivity index (χ4v) is 2.91. The van der Waals surface area contributed by atoms with Gasteiger partial charge >= 0.3 is 0 Å². The molecule has 0 spiro atoms. The maximum Gasteiger partial charge on any atom is 0.244 e. The molecule has 0 radical (unpaired) electrons. The molecule has 1 aromatic carbocycles. The third-order valence-electron chi connectivity index (χ3n) is 3.10. The predicted octanol–water partition coefficient (Wildman–Crippen LogP) is 1.72. The highest BCUT2D eigenvalue weighted by molar-refractivity contribution is 7.89. The van der Waals surface area contributed by atoms with E-state index in [1.807, 2.05) is 13.8 Å². The highest BCUT2D eigenvalue weighted by atomic mass is 32.2. The zero-order valence-corrected chi connectivity index (χ0v) is 13.4. The second-order valence-electron chi connectivity index (χ2n) is 5.09. The zero-order valence-electron chi connectivity index (χ0n) is 12.6. The summed E-state index contributed by atoms with van der Waals surface area (Å²) >= 11 is 0. The minimum absolute atomic E-state index is 0.0550. The standard InChI is InChI=1S/C14H21FN2O3S/c1-5-10(3)16-14(18)11(4)17-21(19,20)13-7-6-9(2)8-12(13)15/h6-8,10-11,17H,5H2,1-4H3,(H,16,18). The Morgan fingerprint density at radius 3 is 2.48 bits per heavy atom. The van der Waals surface area contributed by atoms with Crippen molar-refractivity contribution in [2.75, 3.05) is 0 Å². The van der Waals surface area contributed by atoms with Crippen molar-refractivity contribution in [1.82, 2.24) is 10.0 Å². The number of nitrogens with one attached hydrogen (secondary N) is 2. The number of carbonyl (C=O) groups excluding carboxylic acids is 1. The number of halogens is 1. The summed E-state index contributed by atoms with van der Waals surface area (Å²) in [7, 11) is -4.08. The molecule has 1 rings (SSSR count). The molecule has 0 aliphatic heterocycles. The van der Waals surface area contributed by atoms with Crippen molar-refractivity contribution in [1.29, 1.82) is 0 Å². The lowest BCUT2D eigenvalue weighted by molar-refractivity contribution is -0.122. The molecule has 21 heavy (non-hydrogen) atoms. The van der Waals surface area contributed by atoms with E-state index in [0.717, 1.165) is 12.5 Å². The molecule has 0 aliphatic carbocycles. The normalized spacial score (nSPS) is 14.5. The van der Waals surface area contributed by atoms with E-state index in [2.05, 4.69) is 10.0 Å². The quantitative estimate of drug-likeness (QED) is 0.839. The van der Waals surface area contributed by atoms with Gasteiger partial charge in [0.15, 0.2) is 0 Å². The molecular formula is C14H21FN2O3S. The predicted molar refractivity (Wildman–Crippen MR) is 78.8 cm³/mol. The topological polar surface area (TPSA) is 75.3 Å². The van der Waals surface area contributed by atoms with Gasteiger partial charge in [-0.25, -0.2) is 12.8 Å². The van der Waals surface area contributed by atoms with Crippen molar-refractivity contribution in [3.8, 4) is 0 Å². The number of rotatable bonds is 6. The van der Waals surface area contributed by atoms with Crippen LogP contribution in [-0.2, 0) is 14.8 Å². The van der Waals surface area contributed by atoms with Crippen LogP contribution in [0, 0.1) is 12.7 Å². The van der Waals surface area contributed by atoms with Gasteiger partial charge in [0.05, 0.1) is 6.04 Å². The molecule has 0 saturated carbocycles. The molecule has 2 unspecified atom stereocenters. The summed E-state index contributed by atoms with van der Waals surface area (Å²) in [6, 6.07) is 2.79. The second kappa shape index (κ2) is 7.00. The number of hydrogen-bond donors (Lipinski definition) is 2. The molecule has 118 valence electrons. The molecule has 0 aromatic heterocycles. The molecule has 2 atom stereocenters. The fraction of sp³-hybridized carbons (Fsp3) is 0.500. The summed E-state index contributed by atoms with van der Waals surface area (Å²) < 4.78 is 40.1. The van der Waals surface area contributed by atoms with Crippen molar-refractivity contribution >= 4 is 15.9 Å². The van der Waals surface area contributed by atoms with Gasteiger partial charge in [0.2, 0.25) is 15.9 Å². The number of hydrogen-bond acceptors (Lipinski definition) is 3. The van der Waals surface area contributed by atoms with Crippen LogP contribution in [-0.4, -0.2) is 26.4 Å². The minimum atomic E-state index is -4.08. The van der Waals surface area contributed by atoms with Crippen LogP contribution in [0.1, 0.15) is 32.8 Å². The Bertz CT molecular complexity index is 617. The number of benzene rings is 1. The van der Waals surface area contributed by atoms with Gasteiger partial charge in [-0.2, -0.15) is 4.72 Å². The van der Waals surface area contributed by atoms with Gasteiger partial charge < -0.3 is 5.32 Å². The number of carbonyl (C=O) groups is 1. The van der Waals surface area contributed by atoms with Crippen LogP contribution in [0.25, 0.3) is 0 Å². The maximum atomic E-state index is 13.7. The Hall–Kier alpha value is -1.47. The molecule has 0 bridgehead atoms. The summed E-state index contributed by atoms with van der Waals surface area (Å²) in [5.74, 6) is -1.28. The van der Waals surface area contributed by atoms with Gasteiger partial charge in [0, 0.05) is 6.04 Å². The van der Waals surface area contributed by atoms with Crippen molar-refractivity contribution in [2.45, 2.75) is 51.1 Å². The number of sulfonamides is 1. The third kappa shape index (κ3) is 4.78. The highest BCUT2D eigenvalue weighted by Crippen LogP contribution is 2.16. The summed E-state index contributed by atoms with van der Waals surface area (Å²) in [6.07, 6.45) is 0.734. The van der Waals surface area contributed by atoms with Crippen LogP contribution in [0.5, 0.6) is 0 Å². The van der Waals surface area contributed by atoms with Crippen molar-refractivity contribution < 1.29 is 17.6 Å². The van der Waals surface area contributed by atoms with Crippen LogP contribution in [0.4, 0.5) is 4.39 Å². The Morgan fingerprint density at radius 2 is 1.95 bits per heavy atom. The SMILES string of the molecule is CCC(C)NC(=O)C(C)NS(=O)(=O)c1ccc(C)cc1F. The Morgan fingerprint density at radius 1 is 1.33 bits per heavy atom. The molecule has 1 aromatic rings. The van der Waals surface area contributed by atoms with E-state index in [9.17, 15) is 17.6 Å². The van der Waals surface area contributed by atoms with Gasteiger partial charge in [-0.05, 0) is 44.9 Å². The van der Waals surface area contributed by atoms with Crippen molar-refractivity contribution in [3.05, 3.63) is 29.6 Å². The van der Waals surface area contributed by atoms with E-state index in [1.165, 1.54) is 19.1 Å². The summed E-state index contributed by atoms with van der Waals surface area (Å²) in [5, 5.41) is 2.67. The van der Waals surface area contributed by atoms with Crippen molar-refractivity contribution in [2.24, 2.45) is 0 Å². The molecule has 0 aliphatic rings. The summed E-state index contributed by atoms with van der Waals surface area (Å²) in [6.45, 7) is 6.80. The second-order valence-corrected chi connectivity index (χ2v) is 6.78. The van der Waals surface area contributed by atoms with Gasteiger partial charge in [-0.1, -0.05) is 13.0 Å². The lowest BCUT2D eigenvalue weighted by atomic mass is 10.2. The molecule has 0 saturated heterocycles.